The Morgan fingerprint density at radius 3 is 2.61 bits per heavy atom. The largest absolute Gasteiger partial charge is 0.481 e. The number of urea groups is 1. The van der Waals surface area contributed by atoms with E-state index in [1.807, 2.05) is 5.32 Å². The second-order valence-corrected chi connectivity index (χ2v) is 3.42. The standard InChI is InChI=1S/C9H12N4O5/c14-7(15)1-6(8(16)17)13-9(18)10-2-5-3-11-12-4-5/h3-4,6H,1-2H2,(H,11,12)(H,14,15)(H,16,17)(H2,10,13,18). The summed E-state index contributed by atoms with van der Waals surface area (Å²) in [7, 11) is 0. The zero-order valence-corrected chi connectivity index (χ0v) is 9.21. The van der Waals surface area contributed by atoms with Crippen molar-refractivity contribution < 1.29 is 24.6 Å². The van der Waals surface area contributed by atoms with E-state index >= 15 is 0 Å². The summed E-state index contributed by atoms with van der Waals surface area (Å²) in [6.45, 7) is 0.155. The molecule has 1 heterocycles. The van der Waals surface area contributed by atoms with Gasteiger partial charge in [0, 0.05) is 18.3 Å². The summed E-state index contributed by atoms with van der Waals surface area (Å²) < 4.78 is 0. The third-order valence-corrected chi connectivity index (χ3v) is 1.99. The number of amides is 2. The average molecular weight is 256 g/mol. The monoisotopic (exact) mass is 256 g/mol. The third-order valence-electron chi connectivity index (χ3n) is 1.99. The topological polar surface area (TPSA) is 144 Å². The van der Waals surface area contributed by atoms with E-state index < -0.39 is 30.4 Å². The van der Waals surface area contributed by atoms with E-state index in [2.05, 4.69) is 15.5 Å². The molecule has 0 saturated heterocycles. The summed E-state index contributed by atoms with van der Waals surface area (Å²) in [5.41, 5.74) is 0.704. The molecule has 0 aromatic carbocycles. The highest BCUT2D eigenvalue weighted by Gasteiger charge is 2.22. The normalized spacial score (nSPS) is 11.6. The van der Waals surface area contributed by atoms with Crippen LogP contribution in [0.15, 0.2) is 12.4 Å². The number of hydrogen-bond donors (Lipinski definition) is 5. The van der Waals surface area contributed by atoms with E-state index in [0.29, 0.717) is 5.56 Å². The van der Waals surface area contributed by atoms with Gasteiger partial charge in [0.15, 0.2) is 0 Å². The fraction of sp³-hybridized carbons (Fsp3) is 0.333. The van der Waals surface area contributed by atoms with Crippen LogP contribution in [0, 0.1) is 0 Å². The smallest absolute Gasteiger partial charge is 0.326 e. The Labute approximate surface area is 101 Å². The molecule has 0 bridgehead atoms. The highest BCUT2D eigenvalue weighted by molar-refractivity contribution is 5.86. The van der Waals surface area contributed by atoms with Gasteiger partial charge in [-0.3, -0.25) is 9.89 Å². The third kappa shape index (κ3) is 4.51. The predicted octanol–water partition coefficient (Wildman–Crippen LogP) is -0.863. The number of aliphatic carboxylic acids is 2. The van der Waals surface area contributed by atoms with Crippen LogP contribution in [0.3, 0.4) is 0 Å². The number of carbonyl (C=O) groups is 3. The quantitative estimate of drug-likeness (QED) is 0.447. The summed E-state index contributed by atoms with van der Waals surface area (Å²) in [4.78, 5) is 32.4. The van der Waals surface area contributed by atoms with Crippen molar-refractivity contribution in [2.45, 2.75) is 19.0 Å². The molecule has 2 amide bonds. The van der Waals surface area contributed by atoms with Gasteiger partial charge in [-0.05, 0) is 0 Å². The number of nitrogens with zero attached hydrogens (tertiary/aromatic N) is 1. The first-order valence-electron chi connectivity index (χ1n) is 4.95. The number of carbonyl (C=O) groups excluding carboxylic acids is 1. The van der Waals surface area contributed by atoms with Crippen LogP contribution in [0.1, 0.15) is 12.0 Å². The maximum Gasteiger partial charge on any atom is 0.326 e. The number of carboxylic acid groups (broad SMARTS) is 2. The van der Waals surface area contributed by atoms with Crippen molar-refractivity contribution in [1.29, 1.82) is 0 Å². The fourth-order valence-electron chi connectivity index (χ4n) is 1.14. The van der Waals surface area contributed by atoms with Crippen molar-refractivity contribution in [3.05, 3.63) is 18.0 Å². The molecule has 1 atom stereocenters. The Kier molecular flexibility index (Phi) is 4.67. The van der Waals surface area contributed by atoms with Gasteiger partial charge in [0.2, 0.25) is 0 Å². The first-order chi connectivity index (χ1) is 8.49. The molecule has 18 heavy (non-hydrogen) atoms. The van der Waals surface area contributed by atoms with E-state index in [4.69, 9.17) is 10.2 Å². The van der Waals surface area contributed by atoms with Crippen LogP contribution in [0.4, 0.5) is 4.79 Å². The first kappa shape index (κ1) is 13.5. The van der Waals surface area contributed by atoms with Gasteiger partial charge in [-0.2, -0.15) is 5.10 Å². The van der Waals surface area contributed by atoms with Crippen molar-refractivity contribution in [3.63, 3.8) is 0 Å². The molecule has 5 N–H and O–H groups in total. The van der Waals surface area contributed by atoms with Crippen molar-refractivity contribution in [1.82, 2.24) is 20.8 Å². The Hall–Kier alpha value is -2.58. The number of rotatable bonds is 6. The Bertz CT molecular complexity index is 430. The van der Waals surface area contributed by atoms with Crippen LogP contribution in [0.5, 0.6) is 0 Å². The molecule has 0 aliphatic carbocycles. The van der Waals surface area contributed by atoms with Gasteiger partial charge in [-0.15, -0.1) is 0 Å². The SMILES string of the molecule is O=C(O)CC(NC(=O)NCc1cn[nH]c1)C(=O)O. The molecular weight excluding hydrogens is 244 g/mol. The summed E-state index contributed by atoms with van der Waals surface area (Å²) in [6.07, 6.45) is 2.37. The molecule has 9 heteroatoms. The lowest BCUT2D eigenvalue weighted by molar-refractivity contribution is -0.145. The minimum Gasteiger partial charge on any atom is -0.481 e. The molecule has 1 rings (SSSR count). The van der Waals surface area contributed by atoms with E-state index in [1.165, 1.54) is 6.20 Å². The summed E-state index contributed by atoms with van der Waals surface area (Å²) >= 11 is 0. The molecule has 98 valence electrons. The van der Waals surface area contributed by atoms with Crippen molar-refractivity contribution in [2.24, 2.45) is 0 Å². The maximum absolute atomic E-state index is 11.3. The van der Waals surface area contributed by atoms with Crippen molar-refractivity contribution in [2.75, 3.05) is 0 Å². The summed E-state index contributed by atoms with van der Waals surface area (Å²) in [6, 6.07) is -2.23. The van der Waals surface area contributed by atoms with E-state index in [0.717, 1.165) is 0 Å². The minimum atomic E-state index is -1.47. The van der Waals surface area contributed by atoms with Gasteiger partial charge in [-0.25, -0.2) is 9.59 Å². The van der Waals surface area contributed by atoms with E-state index in [-0.39, 0.29) is 6.54 Å². The van der Waals surface area contributed by atoms with Crippen LogP contribution in [-0.2, 0) is 16.1 Å². The van der Waals surface area contributed by atoms with Crippen LogP contribution in [-0.4, -0.2) is 44.4 Å². The van der Waals surface area contributed by atoms with Crippen LogP contribution in [0.2, 0.25) is 0 Å². The maximum atomic E-state index is 11.3. The minimum absolute atomic E-state index is 0.155. The second kappa shape index (κ2) is 6.23. The Morgan fingerprint density at radius 1 is 1.39 bits per heavy atom. The summed E-state index contributed by atoms with van der Waals surface area (Å²) in [5.74, 6) is -2.71. The van der Waals surface area contributed by atoms with Gasteiger partial charge in [0.1, 0.15) is 6.04 Å². The van der Waals surface area contributed by atoms with Crippen LogP contribution in [0.25, 0.3) is 0 Å². The van der Waals surface area contributed by atoms with E-state index in [1.54, 1.807) is 6.20 Å². The Balaban J connectivity index is 2.41. The van der Waals surface area contributed by atoms with Gasteiger partial charge in [0.25, 0.3) is 0 Å². The lowest BCUT2D eigenvalue weighted by Gasteiger charge is -2.12. The molecular formula is C9H12N4O5. The molecule has 1 unspecified atom stereocenters. The first-order valence-corrected chi connectivity index (χ1v) is 4.95. The number of carboxylic acids is 2. The molecule has 0 saturated carbocycles. The summed E-state index contributed by atoms with van der Waals surface area (Å²) in [5, 5.41) is 27.8. The van der Waals surface area contributed by atoms with Crippen molar-refractivity contribution >= 4 is 18.0 Å². The highest BCUT2D eigenvalue weighted by Crippen LogP contribution is 1.94. The molecule has 0 aliphatic heterocycles. The number of aromatic amines is 1. The molecule has 0 radical (unpaired) electrons. The molecule has 0 aliphatic rings. The zero-order chi connectivity index (χ0) is 13.5. The van der Waals surface area contributed by atoms with Gasteiger partial charge < -0.3 is 20.8 Å². The second-order valence-electron chi connectivity index (χ2n) is 3.42. The Morgan fingerprint density at radius 2 is 2.11 bits per heavy atom. The molecule has 1 aromatic heterocycles. The average Bonchev–Trinajstić information content (AvgIpc) is 2.77. The molecule has 0 spiro atoms. The van der Waals surface area contributed by atoms with Crippen LogP contribution >= 0.6 is 0 Å². The zero-order valence-electron chi connectivity index (χ0n) is 9.21. The molecule has 9 nitrogen and oxygen atoms in total. The number of H-pyrrole nitrogens is 1. The fourth-order valence-corrected chi connectivity index (χ4v) is 1.14. The van der Waals surface area contributed by atoms with Gasteiger partial charge >= 0.3 is 18.0 Å². The molecule has 0 fully saturated rings. The van der Waals surface area contributed by atoms with E-state index in [9.17, 15) is 14.4 Å². The number of hydrogen-bond acceptors (Lipinski definition) is 4. The van der Waals surface area contributed by atoms with Gasteiger partial charge in [-0.1, -0.05) is 0 Å². The number of nitrogens with one attached hydrogen (secondary N) is 3. The lowest BCUT2D eigenvalue weighted by Crippen LogP contribution is -2.46. The molecule has 1 aromatic rings. The van der Waals surface area contributed by atoms with Gasteiger partial charge in [0.05, 0.1) is 12.6 Å². The van der Waals surface area contributed by atoms with Crippen LogP contribution < -0.4 is 10.6 Å². The lowest BCUT2D eigenvalue weighted by atomic mass is 10.2. The number of aromatic nitrogens is 2. The predicted molar refractivity (Wildman–Crippen MR) is 57.6 cm³/mol. The van der Waals surface area contributed by atoms with Crippen molar-refractivity contribution in [3.8, 4) is 0 Å². The highest BCUT2D eigenvalue weighted by atomic mass is 16.4.